The monoisotopic (exact) mass is 387 g/mol. The molecule has 3 saturated heterocycles. The van der Waals surface area contributed by atoms with E-state index in [0.29, 0.717) is 19.3 Å². The van der Waals surface area contributed by atoms with E-state index in [1.54, 1.807) is 0 Å². The number of likely N-dealkylation sites (tertiary alicyclic amines) is 1. The number of benzene rings is 1. The smallest absolute Gasteiger partial charge is 0.411 e. The fourth-order valence-corrected chi connectivity index (χ4v) is 4.81. The van der Waals surface area contributed by atoms with Gasteiger partial charge >= 0.3 is 6.09 Å². The third kappa shape index (κ3) is 4.44. The normalized spacial score (nSPS) is 26.6. The molecule has 0 unspecified atom stereocenters. The maximum Gasteiger partial charge on any atom is 0.411 e. The highest BCUT2D eigenvalue weighted by Crippen LogP contribution is 2.30. The first kappa shape index (κ1) is 19.5. The van der Waals surface area contributed by atoms with Gasteiger partial charge in [0.05, 0.1) is 13.2 Å². The average molecular weight is 388 g/mol. The van der Waals surface area contributed by atoms with Gasteiger partial charge in [-0.15, -0.1) is 0 Å². The molecule has 28 heavy (non-hydrogen) atoms. The molecule has 6 nitrogen and oxygen atoms in total. The number of nitrogens with zero attached hydrogens (tertiary/aromatic N) is 2. The number of rotatable bonds is 4. The summed E-state index contributed by atoms with van der Waals surface area (Å²) in [4.78, 5) is 17.4. The van der Waals surface area contributed by atoms with Gasteiger partial charge in [-0.3, -0.25) is 10.2 Å². The number of hydrogen-bond acceptors (Lipinski definition) is 5. The van der Waals surface area contributed by atoms with Crippen molar-refractivity contribution in [2.45, 2.75) is 64.1 Å². The van der Waals surface area contributed by atoms with E-state index < -0.39 is 0 Å². The van der Waals surface area contributed by atoms with Crippen molar-refractivity contribution in [1.29, 1.82) is 0 Å². The van der Waals surface area contributed by atoms with Crippen molar-refractivity contribution < 1.29 is 14.3 Å². The topological polar surface area (TPSA) is 54.0 Å². The number of aryl methyl sites for hydroxylation is 1. The fourth-order valence-electron chi connectivity index (χ4n) is 4.81. The first-order valence-electron chi connectivity index (χ1n) is 10.8. The third-order valence-electron chi connectivity index (χ3n) is 6.49. The van der Waals surface area contributed by atoms with Crippen LogP contribution in [0.1, 0.15) is 44.6 Å². The largest absolute Gasteiger partial charge is 0.446 e. The Kier molecular flexibility index (Phi) is 6.07. The molecule has 3 aliphatic rings. The summed E-state index contributed by atoms with van der Waals surface area (Å²) in [5, 5.41) is 2.91. The van der Waals surface area contributed by atoms with Crippen molar-refractivity contribution in [2.75, 3.05) is 43.1 Å². The van der Waals surface area contributed by atoms with E-state index in [2.05, 4.69) is 34.2 Å². The molecule has 0 aromatic heterocycles. The molecule has 2 atom stereocenters. The molecule has 3 aliphatic heterocycles. The molecule has 0 bridgehead atoms. The Hall–Kier alpha value is -1.79. The van der Waals surface area contributed by atoms with Gasteiger partial charge in [0.2, 0.25) is 0 Å². The van der Waals surface area contributed by atoms with E-state index in [1.807, 2.05) is 13.0 Å². The summed E-state index contributed by atoms with van der Waals surface area (Å²) < 4.78 is 10.8. The molecule has 1 aromatic carbocycles. The Labute approximate surface area is 168 Å². The van der Waals surface area contributed by atoms with Crippen LogP contribution in [0.5, 0.6) is 0 Å². The molecule has 6 heteroatoms. The summed E-state index contributed by atoms with van der Waals surface area (Å²) in [6, 6.07) is 7.69. The van der Waals surface area contributed by atoms with Gasteiger partial charge in [0.25, 0.3) is 0 Å². The molecular formula is C22H33N3O3. The summed E-state index contributed by atoms with van der Waals surface area (Å²) in [7, 11) is 0. The second-order valence-electron chi connectivity index (χ2n) is 8.46. The van der Waals surface area contributed by atoms with Gasteiger partial charge in [-0.05, 0) is 63.4 Å². The van der Waals surface area contributed by atoms with Gasteiger partial charge in [0.1, 0.15) is 6.10 Å². The van der Waals surface area contributed by atoms with Gasteiger partial charge in [-0.2, -0.15) is 0 Å². The molecule has 1 N–H and O–H groups in total. The second-order valence-corrected chi connectivity index (χ2v) is 8.46. The van der Waals surface area contributed by atoms with Gasteiger partial charge in [0, 0.05) is 49.4 Å². The number of carbonyl (C=O) groups is 1. The van der Waals surface area contributed by atoms with Crippen LogP contribution in [-0.2, 0) is 9.47 Å². The van der Waals surface area contributed by atoms with Crippen LogP contribution < -0.4 is 10.2 Å². The van der Waals surface area contributed by atoms with Crippen molar-refractivity contribution in [3.05, 3.63) is 23.8 Å². The Morgan fingerprint density at radius 3 is 2.71 bits per heavy atom. The average Bonchev–Trinajstić information content (AvgIpc) is 3.33. The molecule has 1 aromatic rings. The maximum atomic E-state index is 12.2. The van der Waals surface area contributed by atoms with Crippen LogP contribution in [0.2, 0.25) is 0 Å². The molecule has 0 spiro atoms. The second kappa shape index (κ2) is 8.70. The standard InChI is InChI=1S/C22H33N3O3/c1-16-14-18(24-11-7-19(15-24)25-10-3-4-17(25)2)5-6-21(16)23-22(26)28-20-8-12-27-13-9-20/h5-6,14,17,19-20H,3-4,7-13,15H2,1-2H3,(H,23,26)/t17-,19-/m0/s1. The minimum atomic E-state index is -0.369. The first-order chi connectivity index (χ1) is 13.6. The lowest BCUT2D eigenvalue weighted by molar-refractivity contribution is 0.00592. The van der Waals surface area contributed by atoms with Crippen molar-refractivity contribution >= 4 is 17.5 Å². The van der Waals surface area contributed by atoms with Crippen LogP contribution in [0.25, 0.3) is 0 Å². The zero-order valence-corrected chi connectivity index (χ0v) is 17.2. The minimum absolute atomic E-state index is 0.0390. The van der Waals surface area contributed by atoms with Crippen LogP contribution in [0.15, 0.2) is 18.2 Å². The highest BCUT2D eigenvalue weighted by atomic mass is 16.6. The van der Waals surface area contributed by atoms with Crippen molar-refractivity contribution in [3.8, 4) is 0 Å². The Balaban J connectivity index is 1.33. The zero-order valence-electron chi connectivity index (χ0n) is 17.2. The van der Waals surface area contributed by atoms with Crippen LogP contribution >= 0.6 is 0 Å². The highest BCUT2D eigenvalue weighted by molar-refractivity contribution is 5.86. The number of amides is 1. The van der Waals surface area contributed by atoms with Gasteiger partial charge in [0.15, 0.2) is 0 Å². The van der Waals surface area contributed by atoms with Gasteiger partial charge in [-0.25, -0.2) is 4.79 Å². The third-order valence-corrected chi connectivity index (χ3v) is 6.49. The molecule has 0 radical (unpaired) electrons. The van der Waals surface area contributed by atoms with Crippen LogP contribution in [0.3, 0.4) is 0 Å². The summed E-state index contributed by atoms with van der Waals surface area (Å²) >= 11 is 0. The van der Waals surface area contributed by atoms with E-state index in [1.165, 1.54) is 31.5 Å². The number of ether oxygens (including phenoxy) is 2. The van der Waals surface area contributed by atoms with Crippen molar-refractivity contribution in [3.63, 3.8) is 0 Å². The molecule has 3 fully saturated rings. The molecular weight excluding hydrogens is 354 g/mol. The quantitative estimate of drug-likeness (QED) is 0.852. The first-order valence-corrected chi connectivity index (χ1v) is 10.8. The summed E-state index contributed by atoms with van der Waals surface area (Å²) in [6.07, 6.45) is 5.05. The molecule has 0 aliphatic carbocycles. The maximum absolute atomic E-state index is 12.2. The summed E-state index contributed by atoms with van der Waals surface area (Å²) in [6.45, 7) is 9.19. The van der Waals surface area contributed by atoms with Crippen LogP contribution in [0.4, 0.5) is 16.2 Å². The fraction of sp³-hybridized carbons (Fsp3) is 0.682. The number of anilines is 2. The molecule has 3 heterocycles. The minimum Gasteiger partial charge on any atom is -0.446 e. The van der Waals surface area contributed by atoms with E-state index in [4.69, 9.17) is 9.47 Å². The van der Waals surface area contributed by atoms with Crippen molar-refractivity contribution in [2.24, 2.45) is 0 Å². The predicted octanol–water partition coefficient (Wildman–Crippen LogP) is 3.79. The van der Waals surface area contributed by atoms with Gasteiger partial charge < -0.3 is 14.4 Å². The predicted molar refractivity (Wildman–Crippen MR) is 111 cm³/mol. The number of nitrogens with one attached hydrogen (secondary N) is 1. The lowest BCUT2D eigenvalue weighted by atomic mass is 10.1. The van der Waals surface area contributed by atoms with E-state index >= 15 is 0 Å². The number of hydrogen-bond donors (Lipinski definition) is 1. The van der Waals surface area contributed by atoms with E-state index in [0.717, 1.165) is 43.2 Å². The molecule has 0 saturated carbocycles. The van der Waals surface area contributed by atoms with E-state index in [9.17, 15) is 4.79 Å². The lowest BCUT2D eigenvalue weighted by Crippen LogP contribution is -2.39. The highest BCUT2D eigenvalue weighted by Gasteiger charge is 2.33. The summed E-state index contributed by atoms with van der Waals surface area (Å²) in [5.74, 6) is 0. The van der Waals surface area contributed by atoms with Gasteiger partial charge in [-0.1, -0.05) is 0 Å². The number of carbonyl (C=O) groups excluding carboxylic acids is 1. The van der Waals surface area contributed by atoms with Crippen molar-refractivity contribution in [1.82, 2.24) is 4.90 Å². The lowest BCUT2D eigenvalue weighted by Gasteiger charge is -2.28. The Bertz CT molecular complexity index is 690. The SMILES string of the molecule is Cc1cc(N2CC[C@H](N3CCC[C@@H]3C)C2)ccc1NC(=O)OC1CCOCC1. The zero-order chi connectivity index (χ0) is 19.5. The van der Waals surface area contributed by atoms with Crippen LogP contribution in [-0.4, -0.2) is 62.0 Å². The van der Waals surface area contributed by atoms with E-state index in [-0.39, 0.29) is 12.2 Å². The Morgan fingerprint density at radius 2 is 2.00 bits per heavy atom. The summed E-state index contributed by atoms with van der Waals surface area (Å²) in [5.41, 5.74) is 3.14. The molecule has 4 rings (SSSR count). The van der Waals surface area contributed by atoms with Crippen LogP contribution in [0, 0.1) is 6.92 Å². The molecule has 1 amide bonds. The molecule has 154 valence electrons. The Morgan fingerprint density at radius 1 is 1.18 bits per heavy atom.